The summed E-state index contributed by atoms with van der Waals surface area (Å²) in [5.74, 6) is 0.812. The number of aliphatic hydroxyl groups is 1. The molecule has 1 atom stereocenters. The summed E-state index contributed by atoms with van der Waals surface area (Å²) in [6, 6.07) is 5.94. The lowest BCUT2D eigenvalue weighted by atomic mass is 10.1. The smallest absolute Gasteiger partial charge is 0.125 e. The first-order valence-electron chi connectivity index (χ1n) is 6.20. The number of aryl methyl sites for hydroxylation is 1. The second-order valence-electron chi connectivity index (χ2n) is 4.65. The van der Waals surface area contributed by atoms with Gasteiger partial charge in [0.05, 0.1) is 19.3 Å². The van der Waals surface area contributed by atoms with Gasteiger partial charge >= 0.3 is 0 Å². The average Bonchev–Trinajstić information content (AvgIpc) is 2.30. The molecule has 0 radical (unpaired) electrons. The van der Waals surface area contributed by atoms with Crippen molar-refractivity contribution in [3.05, 3.63) is 29.3 Å². The highest BCUT2D eigenvalue weighted by molar-refractivity contribution is 5.38. The van der Waals surface area contributed by atoms with Crippen LogP contribution in [0.2, 0.25) is 0 Å². The van der Waals surface area contributed by atoms with Crippen LogP contribution in [0.1, 0.15) is 37.0 Å². The highest BCUT2D eigenvalue weighted by Crippen LogP contribution is 2.28. The van der Waals surface area contributed by atoms with Gasteiger partial charge in [0.2, 0.25) is 0 Å². The van der Waals surface area contributed by atoms with E-state index in [1.807, 2.05) is 25.1 Å². The minimum atomic E-state index is -0.495. The molecular weight excluding hydrogens is 216 g/mol. The van der Waals surface area contributed by atoms with E-state index in [-0.39, 0.29) is 6.10 Å². The number of aliphatic hydroxyl groups excluding tert-OH is 1. The highest BCUT2D eigenvalue weighted by Gasteiger charge is 2.18. The molecule has 1 saturated heterocycles. The summed E-state index contributed by atoms with van der Waals surface area (Å²) < 4.78 is 11.3. The first kappa shape index (κ1) is 12.4. The molecule has 0 saturated carbocycles. The normalized spacial score (nSPS) is 19.0. The lowest BCUT2D eigenvalue weighted by Gasteiger charge is -2.25. The van der Waals surface area contributed by atoms with E-state index in [0.29, 0.717) is 0 Å². The number of hydrogen-bond donors (Lipinski definition) is 1. The van der Waals surface area contributed by atoms with Crippen LogP contribution >= 0.6 is 0 Å². The van der Waals surface area contributed by atoms with Crippen molar-refractivity contribution in [2.75, 3.05) is 13.2 Å². The molecule has 3 nitrogen and oxygen atoms in total. The molecule has 1 aliphatic rings. The third-order valence-electron chi connectivity index (χ3n) is 3.08. The molecule has 2 rings (SSSR count). The lowest BCUT2D eigenvalue weighted by Crippen LogP contribution is -2.26. The molecule has 0 spiro atoms. The van der Waals surface area contributed by atoms with E-state index in [1.54, 1.807) is 6.92 Å². The summed E-state index contributed by atoms with van der Waals surface area (Å²) in [6.45, 7) is 5.32. The molecule has 1 heterocycles. The Bertz CT molecular complexity index is 368. The quantitative estimate of drug-likeness (QED) is 0.876. The molecule has 0 bridgehead atoms. The molecule has 0 unspecified atom stereocenters. The van der Waals surface area contributed by atoms with E-state index in [1.165, 1.54) is 0 Å². The molecule has 3 heteroatoms. The maximum absolute atomic E-state index is 9.72. The Kier molecular flexibility index (Phi) is 4.02. The van der Waals surface area contributed by atoms with E-state index < -0.39 is 6.10 Å². The van der Waals surface area contributed by atoms with Crippen molar-refractivity contribution in [2.45, 2.75) is 38.9 Å². The fourth-order valence-corrected chi connectivity index (χ4v) is 2.06. The molecule has 0 amide bonds. The van der Waals surface area contributed by atoms with Gasteiger partial charge in [0.15, 0.2) is 0 Å². The van der Waals surface area contributed by atoms with Crippen LogP contribution in [-0.4, -0.2) is 24.4 Å². The zero-order valence-corrected chi connectivity index (χ0v) is 10.5. The summed E-state index contributed by atoms with van der Waals surface area (Å²) in [5.41, 5.74) is 2.01. The molecule has 1 fully saturated rings. The van der Waals surface area contributed by atoms with Gasteiger partial charge in [0, 0.05) is 18.4 Å². The minimum absolute atomic E-state index is 0.211. The average molecular weight is 236 g/mol. The molecule has 1 aliphatic heterocycles. The van der Waals surface area contributed by atoms with Crippen molar-refractivity contribution in [3.63, 3.8) is 0 Å². The second kappa shape index (κ2) is 5.52. The van der Waals surface area contributed by atoms with Crippen molar-refractivity contribution < 1.29 is 14.6 Å². The zero-order valence-electron chi connectivity index (χ0n) is 10.5. The number of hydrogen-bond acceptors (Lipinski definition) is 3. The van der Waals surface area contributed by atoms with Crippen LogP contribution in [0.3, 0.4) is 0 Å². The predicted octanol–water partition coefficient (Wildman–Crippen LogP) is 2.61. The van der Waals surface area contributed by atoms with E-state index in [4.69, 9.17) is 9.47 Å². The number of rotatable bonds is 3. The molecule has 1 aromatic carbocycles. The third-order valence-corrected chi connectivity index (χ3v) is 3.08. The third kappa shape index (κ3) is 3.20. The topological polar surface area (TPSA) is 38.7 Å². The van der Waals surface area contributed by atoms with Gasteiger partial charge in [-0.2, -0.15) is 0 Å². The monoisotopic (exact) mass is 236 g/mol. The van der Waals surface area contributed by atoms with Gasteiger partial charge < -0.3 is 14.6 Å². The van der Waals surface area contributed by atoms with Crippen LogP contribution in [-0.2, 0) is 4.74 Å². The van der Waals surface area contributed by atoms with Crippen molar-refractivity contribution in [2.24, 2.45) is 0 Å². The Hall–Kier alpha value is -1.06. The molecule has 17 heavy (non-hydrogen) atoms. The fourth-order valence-electron chi connectivity index (χ4n) is 2.06. The van der Waals surface area contributed by atoms with Crippen LogP contribution in [0, 0.1) is 6.92 Å². The summed E-state index contributed by atoms with van der Waals surface area (Å²) in [6.07, 6.45) is 1.56. The first-order valence-corrected chi connectivity index (χ1v) is 6.20. The van der Waals surface area contributed by atoms with Crippen molar-refractivity contribution >= 4 is 0 Å². The Balaban J connectivity index is 2.14. The van der Waals surface area contributed by atoms with Crippen molar-refractivity contribution in [3.8, 4) is 5.75 Å². The predicted molar refractivity (Wildman–Crippen MR) is 66.3 cm³/mol. The molecule has 1 N–H and O–H groups in total. The van der Waals surface area contributed by atoms with Gasteiger partial charge in [-0.25, -0.2) is 0 Å². The van der Waals surface area contributed by atoms with Gasteiger partial charge in [0.25, 0.3) is 0 Å². The van der Waals surface area contributed by atoms with E-state index in [2.05, 4.69) is 0 Å². The van der Waals surface area contributed by atoms with Crippen LogP contribution in [0.5, 0.6) is 5.75 Å². The Morgan fingerprint density at radius 2 is 2.06 bits per heavy atom. The maximum Gasteiger partial charge on any atom is 0.125 e. The minimum Gasteiger partial charge on any atom is -0.490 e. The molecule has 0 aromatic heterocycles. The Morgan fingerprint density at radius 1 is 1.35 bits per heavy atom. The van der Waals surface area contributed by atoms with Crippen LogP contribution < -0.4 is 4.74 Å². The van der Waals surface area contributed by atoms with Gasteiger partial charge in [-0.05, 0) is 25.5 Å². The zero-order chi connectivity index (χ0) is 12.3. The number of ether oxygens (including phenoxy) is 2. The van der Waals surface area contributed by atoms with Gasteiger partial charge in [-0.3, -0.25) is 0 Å². The SMILES string of the molecule is Cc1ccc([C@@H](C)O)c(OC2CCOCC2)c1. The molecule has 94 valence electrons. The van der Waals surface area contributed by atoms with Crippen LogP contribution in [0.15, 0.2) is 18.2 Å². The van der Waals surface area contributed by atoms with Gasteiger partial charge in [-0.15, -0.1) is 0 Å². The standard InChI is InChI=1S/C14H20O3/c1-10-3-4-13(11(2)15)14(9-10)17-12-5-7-16-8-6-12/h3-4,9,11-12,15H,5-8H2,1-2H3/t11-/m1/s1. The van der Waals surface area contributed by atoms with E-state index in [9.17, 15) is 5.11 Å². The number of benzene rings is 1. The van der Waals surface area contributed by atoms with Gasteiger partial charge in [0.1, 0.15) is 11.9 Å². The second-order valence-corrected chi connectivity index (χ2v) is 4.65. The largest absolute Gasteiger partial charge is 0.490 e. The maximum atomic E-state index is 9.72. The molecule has 0 aliphatic carbocycles. The summed E-state index contributed by atoms with van der Waals surface area (Å²) in [7, 11) is 0. The first-order chi connectivity index (χ1) is 8.16. The van der Waals surface area contributed by atoms with Crippen molar-refractivity contribution in [1.29, 1.82) is 0 Å². The summed E-state index contributed by atoms with van der Waals surface area (Å²) in [5, 5.41) is 9.72. The van der Waals surface area contributed by atoms with Crippen LogP contribution in [0.25, 0.3) is 0 Å². The van der Waals surface area contributed by atoms with E-state index in [0.717, 1.165) is 42.9 Å². The highest BCUT2D eigenvalue weighted by atomic mass is 16.5. The Morgan fingerprint density at radius 3 is 2.71 bits per heavy atom. The van der Waals surface area contributed by atoms with Crippen molar-refractivity contribution in [1.82, 2.24) is 0 Å². The van der Waals surface area contributed by atoms with Crippen LogP contribution in [0.4, 0.5) is 0 Å². The lowest BCUT2D eigenvalue weighted by molar-refractivity contribution is 0.0242. The molecule has 1 aromatic rings. The summed E-state index contributed by atoms with van der Waals surface area (Å²) in [4.78, 5) is 0. The van der Waals surface area contributed by atoms with E-state index >= 15 is 0 Å². The summed E-state index contributed by atoms with van der Waals surface area (Å²) >= 11 is 0. The molecular formula is C14H20O3. The van der Waals surface area contributed by atoms with Gasteiger partial charge in [-0.1, -0.05) is 12.1 Å². The fraction of sp³-hybridized carbons (Fsp3) is 0.571. The Labute approximate surface area is 102 Å².